The van der Waals surface area contributed by atoms with Gasteiger partial charge in [-0.3, -0.25) is 0 Å². The number of aryl methyl sites for hydroxylation is 2. The fourth-order valence-corrected chi connectivity index (χ4v) is 2.17. The van der Waals surface area contributed by atoms with E-state index in [1.807, 2.05) is 26.0 Å². The number of phenolic OH excluding ortho intramolecular Hbond substituents is 1. The molecule has 3 heteroatoms. The van der Waals surface area contributed by atoms with Crippen LogP contribution in [0.4, 0.5) is 0 Å². The lowest BCUT2D eigenvalue weighted by atomic mass is 10.1. The van der Waals surface area contributed by atoms with E-state index in [9.17, 15) is 5.11 Å². The van der Waals surface area contributed by atoms with Crippen molar-refractivity contribution in [1.29, 1.82) is 0 Å². The van der Waals surface area contributed by atoms with Gasteiger partial charge in [0.25, 0.3) is 0 Å². The second kappa shape index (κ2) is 4.71. The van der Waals surface area contributed by atoms with Crippen molar-refractivity contribution in [2.45, 2.75) is 31.8 Å². The third-order valence-electron chi connectivity index (χ3n) is 1.96. The van der Waals surface area contributed by atoms with E-state index in [-0.39, 0.29) is 6.10 Å². The molecule has 0 heterocycles. The van der Waals surface area contributed by atoms with Gasteiger partial charge >= 0.3 is 0 Å². The Morgan fingerprint density at radius 2 is 1.79 bits per heavy atom. The van der Waals surface area contributed by atoms with Crippen molar-refractivity contribution in [1.82, 2.24) is 0 Å². The number of hydrogen-bond donors (Lipinski definition) is 2. The van der Waals surface area contributed by atoms with Crippen molar-refractivity contribution in [3.8, 4) is 5.75 Å². The van der Waals surface area contributed by atoms with Crippen LogP contribution in [-0.2, 0) is 0 Å². The standard InChI is InChI=1S/C11H16O2S/c1-7-4-10(14-6-9(3)12)5-8(2)11(7)13/h4-5,9,12-13H,6H2,1-3H3. The predicted octanol–water partition coefficient (Wildman–Crippen LogP) is 2.48. The number of aromatic hydroxyl groups is 1. The van der Waals surface area contributed by atoms with Gasteiger partial charge in [0.05, 0.1) is 6.10 Å². The Hall–Kier alpha value is -0.670. The van der Waals surface area contributed by atoms with E-state index in [4.69, 9.17) is 5.11 Å². The van der Waals surface area contributed by atoms with Crippen LogP contribution >= 0.6 is 11.8 Å². The molecule has 0 spiro atoms. The van der Waals surface area contributed by atoms with Crippen LogP contribution in [0, 0.1) is 13.8 Å². The predicted molar refractivity (Wildman–Crippen MR) is 60.0 cm³/mol. The highest BCUT2D eigenvalue weighted by Gasteiger charge is 2.04. The minimum absolute atomic E-state index is 0.297. The molecule has 0 bridgehead atoms. The summed E-state index contributed by atoms with van der Waals surface area (Å²) in [6, 6.07) is 3.88. The fourth-order valence-electron chi connectivity index (χ4n) is 1.22. The Morgan fingerprint density at radius 3 is 2.21 bits per heavy atom. The Kier molecular flexibility index (Phi) is 3.84. The molecule has 0 aromatic heterocycles. The van der Waals surface area contributed by atoms with Crippen LogP contribution in [0.15, 0.2) is 17.0 Å². The molecule has 1 aromatic rings. The summed E-state index contributed by atoms with van der Waals surface area (Å²) in [4.78, 5) is 1.10. The van der Waals surface area contributed by atoms with Gasteiger partial charge in [-0.15, -0.1) is 11.8 Å². The van der Waals surface area contributed by atoms with E-state index >= 15 is 0 Å². The molecule has 0 radical (unpaired) electrons. The first-order chi connectivity index (χ1) is 6.50. The number of aliphatic hydroxyl groups excluding tert-OH is 1. The maximum atomic E-state index is 9.55. The molecule has 0 amide bonds. The molecule has 0 aliphatic heterocycles. The quantitative estimate of drug-likeness (QED) is 0.756. The summed E-state index contributed by atoms with van der Waals surface area (Å²) in [5.41, 5.74) is 1.77. The first-order valence-electron chi connectivity index (χ1n) is 4.61. The second-order valence-electron chi connectivity index (χ2n) is 3.57. The largest absolute Gasteiger partial charge is 0.507 e. The van der Waals surface area contributed by atoms with E-state index < -0.39 is 0 Å². The highest BCUT2D eigenvalue weighted by Crippen LogP contribution is 2.28. The average Bonchev–Trinajstić information content (AvgIpc) is 2.10. The van der Waals surface area contributed by atoms with Gasteiger partial charge < -0.3 is 10.2 Å². The molecule has 2 N–H and O–H groups in total. The van der Waals surface area contributed by atoms with Crippen molar-refractivity contribution in [3.05, 3.63) is 23.3 Å². The number of rotatable bonds is 3. The van der Waals surface area contributed by atoms with Crippen LogP contribution in [0.25, 0.3) is 0 Å². The number of hydrogen-bond acceptors (Lipinski definition) is 3. The highest BCUT2D eigenvalue weighted by molar-refractivity contribution is 7.99. The molecule has 0 fully saturated rings. The highest BCUT2D eigenvalue weighted by atomic mass is 32.2. The molecular formula is C11H16O2S. The summed E-state index contributed by atoms with van der Waals surface area (Å²) in [5.74, 6) is 1.05. The van der Waals surface area contributed by atoms with Gasteiger partial charge in [-0.1, -0.05) is 0 Å². The number of aliphatic hydroxyl groups is 1. The van der Waals surface area contributed by atoms with E-state index in [1.54, 1.807) is 18.7 Å². The monoisotopic (exact) mass is 212 g/mol. The van der Waals surface area contributed by atoms with Gasteiger partial charge in [-0.25, -0.2) is 0 Å². The Morgan fingerprint density at radius 1 is 1.29 bits per heavy atom. The van der Waals surface area contributed by atoms with Crippen molar-refractivity contribution >= 4 is 11.8 Å². The van der Waals surface area contributed by atoms with Gasteiger partial charge in [-0.2, -0.15) is 0 Å². The van der Waals surface area contributed by atoms with Crippen LogP contribution in [0.3, 0.4) is 0 Å². The molecule has 1 rings (SSSR count). The maximum Gasteiger partial charge on any atom is 0.121 e. The molecule has 1 aromatic carbocycles. The number of phenols is 1. The summed E-state index contributed by atoms with van der Waals surface area (Å²) in [5, 5.41) is 18.7. The fraction of sp³-hybridized carbons (Fsp3) is 0.455. The lowest BCUT2D eigenvalue weighted by molar-refractivity contribution is 0.220. The third kappa shape index (κ3) is 2.93. The third-order valence-corrected chi connectivity index (χ3v) is 3.17. The van der Waals surface area contributed by atoms with Crippen molar-refractivity contribution < 1.29 is 10.2 Å². The zero-order valence-corrected chi connectivity index (χ0v) is 9.56. The number of thioether (sulfide) groups is 1. The summed E-state index contributed by atoms with van der Waals surface area (Å²) in [6.07, 6.45) is -0.297. The molecule has 2 nitrogen and oxygen atoms in total. The topological polar surface area (TPSA) is 40.5 Å². The van der Waals surface area contributed by atoms with E-state index in [2.05, 4.69) is 0 Å². The van der Waals surface area contributed by atoms with Crippen LogP contribution in [0.5, 0.6) is 5.75 Å². The minimum Gasteiger partial charge on any atom is -0.507 e. The summed E-state index contributed by atoms with van der Waals surface area (Å²) >= 11 is 1.60. The molecular weight excluding hydrogens is 196 g/mol. The lowest BCUT2D eigenvalue weighted by Crippen LogP contribution is -2.02. The van der Waals surface area contributed by atoms with Crippen molar-refractivity contribution in [2.24, 2.45) is 0 Å². The molecule has 14 heavy (non-hydrogen) atoms. The van der Waals surface area contributed by atoms with Gasteiger partial charge in [0.1, 0.15) is 5.75 Å². The smallest absolute Gasteiger partial charge is 0.121 e. The van der Waals surface area contributed by atoms with Crippen LogP contribution in [-0.4, -0.2) is 22.1 Å². The lowest BCUT2D eigenvalue weighted by Gasteiger charge is -2.08. The maximum absolute atomic E-state index is 9.55. The minimum atomic E-state index is -0.297. The van der Waals surface area contributed by atoms with Gasteiger partial charge in [-0.05, 0) is 44.0 Å². The zero-order chi connectivity index (χ0) is 10.7. The molecule has 0 aliphatic carbocycles. The van der Waals surface area contributed by atoms with Gasteiger partial charge in [0.15, 0.2) is 0 Å². The number of benzene rings is 1. The SMILES string of the molecule is Cc1cc(SCC(C)O)cc(C)c1O. The van der Waals surface area contributed by atoms with E-state index in [0.717, 1.165) is 16.0 Å². The Bertz CT molecular complexity index is 298. The van der Waals surface area contributed by atoms with E-state index in [0.29, 0.717) is 11.5 Å². The average molecular weight is 212 g/mol. The molecule has 1 unspecified atom stereocenters. The molecule has 1 atom stereocenters. The van der Waals surface area contributed by atoms with Crippen LogP contribution in [0.1, 0.15) is 18.1 Å². The van der Waals surface area contributed by atoms with Crippen molar-refractivity contribution in [3.63, 3.8) is 0 Å². The Labute approximate surface area is 89.0 Å². The van der Waals surface area contributed by atoms with Crippen LogP contribution < -0.4 is 0 Å². The summed E-state index contributed by atoms with van der Waals surface area (Å²) < 4.78 is 0. The summed E-state index contributed by atoms with van der Waals surface area (Å²) in [7, 11) is 0. The first-order valence-corrected chi connectivity index (χ1v) is 5.60. The summed E-state index contributed by atoms with van der Waals surface area (Å²) in [6.45, 7) is 5.54. The van der Waals surface area contributed by atoms with Gasteiger partial charge in [0, 0.05) is 10.6 Å². The second-order valence-corrected chi connectivity index (χ2v) is 4.66. The normalized spacial score (nSPS) is 12.9. The molecule has 0 saturated heterocycles. The Balaban J connectivity index is 2.79. The van der Waals surface area contributed by atoms with Crippen LogP contribution in [0.2, 0.25) is 0 Å². The van der Waals surface area contributed by atoms with Gasteiger partial charge in [0.2, 0.25) is 0 Å². The molecule has 78 valence electrons. The molecule has 0 aliphatic rings. The zero-order valence-electron chi connectivity index (χ0n) is 8.74. The van der Waals surface area contributed by atoms with E-state index in [1.165, 1.54) is 0 Å². The van der Waals surface area contributed by atoms with Crippen molar-refractivity contribution in [2.75, 3.05) is 5.75 Å². The molecule has 0 saturated carbocycles. The first kappa shape index (κ1) is 11.4.